The molecule has 1 saturated carbocycles. The zero-order valence-corrected chi connectivity index (χ0v) is 17.9. The minimum Gasteiger partial charge on any atom is -0.368 e. The van der Waals surface area contributed by atoms with Crippen molar-refractivity contribution in [2.75, 3.05) is 37.6 Å². The molecule has 1 N–H and O–H groups in total. The Hall–Kier alpha value is -1.82. The average Bonchev–Trinajstić information content (AvgIpc) is 2.72. The fourth-order valence-corrected chi connectivity index (χ4v) is 4.58. The molecule has 0 spiro atoms. The van der Waals surface area contributed by atoms with Crippen LogP contribution in [-0.2, 0) is 0 Å². The fraction of sp³-hybridized carbons (Fsp3) is 0.455. The second kappa shape index (κ2) is 9.33. The van der Waals surface area contributed by atoms with Crippen molar-refractivity contribution in [2.24, 2.45) is 5.92 Å². The Morgan fingerprint density at radius 1 is 1.10 bits per heavy atom. The molecule has 2 heterocycles. The van der Waals surface area contributed by atoms with Crippen LogP contribution in [0.4, 0.5) is 5.69 Å². The lowest BCUT2D eigenvalue weighted by atomic mass is 9.78. The largest absolute Gasteiger partial charge is 0.368 e. The van der Waals surface area contributed by atoms with Gasteiger partial charge in [-0.25, -0.2) is 0 Å². The van der Waals surface area contributed by atoms with Crippen LogP contribution in [-0.4, -0.2) is 54.6 Å². The molecule has 2 fully saturated rings. The lowest BCUT2D eigenvalue weighted by molar-refractivity contribution is 0.0877. The summed E-state index contributed by atoms with van der Waals surface area (Å²) in [6, 6.07) is 9.71. The predicted octanol–water partition coefficient (Wildman–Crippen LogP) is 4.11. The van der Waals surface area contributed by atoms with Crippen LogP contribution in [0.15, 0.2) is 42.7 Å². The van der Waals surface area contributed by atoms with E-state index in [1.54, 1.807) is 24.5 Å². The summed E-state index contributed by atoms with van der Waals surface area (Å²) in [7, 11) is 0. The highest BCUT2D eigenvalue weighted by Gasteiger charge is 2.31. The minimum absolute atomic E-state index is 0.0163. The number of hydrogen-bond acceptors (Lipinski definition) is 4. The first kappa shape index (κ1) is 20.5. The Balaban J connectivity index is 1.15. The van der Waals surface area contributed by atoms with Gasteiger partial charge in [0, 0.05) is 44.6 Å². The molecule has 0 atom stereocenters. The van der Waals surface area contributed by atoms with Gasteiger partial charge in [-0.15, -0.1) is 0 Å². The summed E-state index contributed by atoms with van der Waals surface area (Å²) in [5.74, 6) is 0.687. The maximum atomic E-state index is 12.2. The first-order valence-electron chi connectivity index (χ1n) is 10.2. The molecule has 1 aliphatic heterocycles. The van der Waals surface area contributed by atoms with Crippen molar-refractivity contribution in [2.45, 2.75) is 25.3 Å². The van der Waals surface area contributed by atoms with Crippen molar-refractivity contribution in [3.8, 4) is 0 Å². The van der Waals surface area contributed by atoms with E-state index >= 15 is 0 Å². The van der Waals surface area contributed by atoms with Crippen LogP contribution in [0.5, 0.6) is 0 Å². The van der Waals surface area contributed by atoms with Crippen LogP contribution in [0, 0.1) is 5.92 Å². The lowest BCUT2D eigenvalue weighted by Gasteiger charge is -2.39. The van der Waals surface area contributed by atoms with Crippen LogP contribution in [0.2, 0.25) is 10.0 Å². The number of carbonyl (C=O) groups excluding carboxylic acids is 1. The number of rotatable bonds is 6. The van der Waals surface area contributed by atoms with E-state index in [2.05, 4.69) is 20.1 Å². The molecule has 1 aromatic carbocycles. The second-order valence-electron chi connectivity index (χ2n) is 7.94. The van der Waals surface area contributed by atoms with Crippen LogP contribution >= 0.6 is 23.2 Å². The summed E-state index contributed by atoms with van der Waals surface area (Å²) in [5.41, 5.74) is 1.67. The summed E-state index contributed by atoms with van der Waals surface area (Å²) in [4.78, 5) is 21.0. The van der Waals surface area contributed by atoms with E-state index in [0.29, 0.717) is 27.6 Å². The molecular formula is C22H26Cl2N4O. The van der Waals surface area contributed by atoms with Crippen molar-refractivity contribution in [3.63, 3.8) is 0 Å². The molecule has 0 radical (unpaired) electrons. The van der Waals surface area contributed by atoms with E-state index in [1.807, 2.05) is 18.2 Å². The zero-order valence-electron chi connectivity index (χ0n) is 16.4. The standard InChI is InChI=1S/C22H26Cl2N4O/c23-19-4-1-5-20(21(19)24)28-11-9-27(10-12-28)8-6-16-13-18(14-16)26-22(29)17-3-2-7-25-15-17/h1-5,7,15-16,18H,6,8-14H2,(H,26,29)/t16-,18+. The molecular weight excluding hydrogens is 407 g/mol. The summed E-state index contributed by atoms with van der Waals surface area (Å²) in [5, 5.41) is 4.37. The summed E-state index contributed by atoms with van der Waals surface area (Å²) in [6.07, 6.45) is 6.63. The highest BCUT2D eigenvalue weighted by atomic mass is 35.5. The Kier molecular flexibility index (Phi) is 6.58. The highest BCUT2D eigenvalue weighted by Crippen LogP contribution is 2.33. The van der Waals surface area contributed by atoms with Gasteiger partial charge in [0.1, 0.15) is 0 Å². The van der Waals surface area contributed by atoms with E-state index in [9.17, 15) is 4.79 Å². The number of halogens is 2. The van der Waals surface area contributed by atoms with E-state index in [4.69, 9.17) is 23.2 Å². The molecule has 154 valence electrons. The van der Waals surface area contributed by atoms with E-state index in [0.717, 1.165) is 51.3 Å². The van der Waals surface area contributed by atoms with Gasteiger partial charge in [0.05, 0.1) is 21.3 Å². The molecule has 5 nitrogen and oxygen atoms in total. The number of hydrogen-bond donors (Lipinski definition) is 1. The third-order valence-electron chi connectivity index (χ3n) is 5.99. The van der Waals surface area contributed by atoms with Crippen LogP contribution in [0.1, 0.15) is 29.6 Å². The molecule has 1 aromatic heterocycles. The van der Waals surface area contributed by atoms with Crippen LogP contribution in [0.25, 0.3) is 0 Å². The first-order valence-corrected chi connectivity index (χ1v) is 11.0. The van der Waals surface area contributed by atoms with Gasteiger partial charge in [-0.2, -0.15) is 0 Å². The van der Waals surface area contributed by atoms with Gasteiger partial charge in [-0.1, -0.05) is 29.3 Å². The van der Waals surface area contributed by atoms with Crippen LogP contribution < -0.4 is 10.2 Å². The van der Waals surface area contributed by atoms with Crippen molar-refractivity contribution in [3.05, 3.63) is 58.3 Å². The molecule has 29 heavy (non-hydrogen) atoms. The van der Waals surface area contributed by atoms with Gasteiger partial charge >= 0.3 is 0 Å². The van der Waals surface area contributed by atoms with E-state index < -0.39 is 0 Å². The number of anilines is 1. The molecule has 0 unspecified atom stereocenters. The van der Waals surface area contributed by atoms with Gasteiger partial charge in [0.15, 0.2) is 0 Å². The topological polar surface area (TPSA) is 48.5 Å². The van der Waals surface area contributed by atoms with Gasteiger partial charge in [-0.05, 0) is 56.0 Å². The maximum absolute atomic E-state index is 12.2. The molecule has 7 heteroatoms. The van der Waals surface area contributed by atoms with Crippen LogP contribution in [0.3, 0.4) is 0 Å². The summed E-state index contributed by atoms with van der Waals surface area (Å²) in [6.45, 7) is 5.13. The van der Waals surface area contributed by atoms with E-state index in [-0.39, 0.29) is 5.91 Å². The summed E-state index contributed by atoms with van der Waals surface area (Å²) >= 11 is 12.5. The lowest BCUT2D eigenvalue weighted by Crippen LogP contribution is -2.48. The Bertz CT molecular complexity index is 834. The zero-order chi connectivity index (χ0) is 20.2. The Morgan fingerprint density at radius 3 is 2.62 bits per heavy atom. The average molecular weight is 433 g/mol. The molecule has 2 aliphatic rings. The van der Waals surface area contributed by atoms with E-state index in [1.165, 1.54) is 6.42 Å². The quantitative estimate of drug-likeness (QED) is 0.745. The number of nitrogens with one attached hydrogen (secondary N) is 1. The minimum atomic E-state index is -0.0163. The molecule has 1 amide bonds. The van der Waals surface area contributed by atoms with Gasteiger partial charge in [0.2, 0.25) is 0 Å². The third kappa shape index (κ3) is 5.03. The first-order chi connectivity index (χ1) is 14.1. The molecule has 0 bridgehead atoms. The third-order valence-corrected chi connectivity index (χ3v) is 6.80. The molecule has 2 aromatic rings. The normalized spacial score (nSPS) is 22.2. The van der Waals surface area contributed by atoms with Gasteiger partial charge in [-0.3, -0.25) is 14.7 Å². The number of carbonyl (C=O) groups is 1. The van der Waals surface area contributed by atoms with Crippen molar-refractivity contribution >= 4 is 34.8 Å². The number of piperazine rings is 1. The van der Waals surface area contributed by atoms with Gasteiger partial charge in [0.25, 0.3) is 5.91 Å². The highest BCUT2D eigenvalue weighted by molar-refractivity contribution is 6.43. The number of benzene rings is 1. The monoisotopic (exact) mass is 432 g/mol. The maximum Gasteiger partial charge on any atom is 0.253 e. The van der Waals surface area contributed by atoms with Crippen molar-refractivity contribution in [1.82, 2.24) is 15.2 Å². The SMILES string of the molecule is O=C(N[C@H]1C[C@@H](CCN2CCN(c3cccc(Cl)c3Cl)CC2)C1)c1cccnc1. The number of nitrogens with zero attached hydrogens (tertiary/aromatic N) is 3. The Morgan fingerprint density at radius 2 is 1.90 bits per heavy atom. The summed E-state index contributed by atoms with van der Waals surface area (Å²) < 4.78 is 0. The van der Waals surface area contributed by atoms with Crippen molar-refractivity contribution in [1.29, 1.82) is 0 Å². The predicted molar refractivity (Wildman–Crippen MR) is 118 cm³/mol. The van der Waals surface area contributed by atoms with Crippen molar-refractivity contribution < 1.29 is 4.79 Å². The number of aromatic nitrogens is 1. The molecule has 1 saturated heterocycles. The molecule has 1 aliphatic carbocycles. The number of amides is 1. The fourth-order valence-electron chi connectivity index (χ4n) is 4.17. The smallest absolute Gasteiger partial charge is 0.253 e. The second-order valence-corrected chi connectivity index (χ2v) is 8.72. The number of pyridine rings is 1. The molecule has 4 rings (SSSR count). The Labute approximate surface area is 182 Å². The van der Waals surface area contributed by atoms with Gasteiger partial charge < -0.3 is 10.2 Å².